The number of carbonyl (C=O) groups is 1. The first-order chi connectivity index (χ1) is 9.33. The molecule has 2 unspecified atom stereocenters. The second-order valence-electron chi connectivity index (χ2n) is 6.75. The van der Waals surface area contributed by atoms with E-state index in [1.54, 1.807) is 0 Å². The average molecular weight is 286 g/mol. The number of aliphatic hydroxyl groups excluding tert-OH is 1. The molecular formula is C15H30N2O3. The Balaban J connectivity index is 2.35. The number of carbonyl (C=O) groups excluding carboxylic acids is 1. The summed E-state index contributed by atoms with van der Waals surface area (Å²) >= 11 is 0. The Morgan fingerprint density at radius 2 is 2.20 bits per heavy atom. The molecule has 1 rings (SSSR count). The number of aliphatic hydroxyl groups is 1. The molecule has 0 aromatic carbocycles. The Morgan fingerprint density at radius 3 is 2.80 bits per heavy atom. The van der Waals surface area contributed by atoms with Gasteiger partial charge in [-0.2, -0.15) is 0 Å². The van der Waals surface area contributed by atoms with Crippen LogP contribution in [-0.4, -0.2) is 54.0 Å². The summed E-state index contributed by atoms with van der Waals surface area (Å²) in [6.07, 6.45) is 2.68. The van der Waals surface area contributed by atoms with Crippen molar-refractivity contribution in [3.05, 3.63) is 0 Å². The van der Waals surface area contributed by atoms with Gasteiger partial charge in [0.05, 0.1) is 0 Å². The van der Waals surface area contributed by atoms with Crippen LogP contribution in [0, 0.1) is 5.92 Å². The zero-order valence-electron chi connectivity index (χ0n) is 13.3. The van der Waals surface area contributed by atoms with Gasteiger partial charge in [-0.1, -0.05) is 6.92 Å². The molecule has 1 aliphatic rings. The van der Waals surface area contributed by atoms with Gasteiger partial charge in [0.15, 0.2) is 0 Å². The van der Waals surface area contributed by atoms with E-state index in [9.17, 15) is 4.79 Å². The first-order valence-electron chi connectivity index (χ1n) is 7.64. The smallest absolute Gasteiger partial charge is 0.410 e. The van der Waals surface area contributed by atoms with Crippen LogP contribution in [0.25, 0.3) is 0 Å². The maximum absolute atomic E-state index is 12.1. The van der Waals surface area contributed by atoms with Crippen molar-refractivity contribution >= 4 is 6.09 Å². The lowest BCUT2D eigenvalue weighted by molar-refractivity contribution is 0.0226. The minimum atomic E-state index is -0.437. The summed E-state index contributed by atoms with van der Waals surface area (Å²) in [5, 5.41) is 12.3. The fraction of sp³-hybridized carbons (Fsp3) is 0.933. The van der Waals surface area contributed by atoms with Gasteiger partial charge in [-0.05, 0) is 52.5 Å². The van der Waals surface area contributed by atoms with Crippen LogP contribution in [0.2, 0.25) is 0 Å². The Hall–Kier alpha value is -0.810. The lowest BCUT2D eigenvalue weighted by atomic mass is 10.1. The van der Waals surface area contributed by atoms with Crippen LogP contribution in [0.4, 0.5) is 4.79 Å². The summed E-state index contributed by atoms with van der Waals surface area (Å²) in [6.45, 7) is 10.5. The van der Waals surface area contributed by atoms with Gasteiger partial charge in [0.1, 0.15) is 5.60 Å². The van der Waals surface area contributed by atoms with Gasteiger partial charge >= 0.3 is 6.09 Å². The molecule has 0 spiro atoms. The molecule has 1 saturated heterocycles. The lowest BCUT2D eigenvalue weighted by Gasteiger charge is -2.29. The van der Waals surface area contributed by atoms with Gasteiger partial charge in [-0.15, -0.1) is 0 Å². The Labute approximate surface area is 122 Å². The second-order valence-corrected chi connectivity index (χ2v) is 6.75. The van der Waals surface area contributed by atoms with E-state index in [2.05, 4.69) is 12.2 Å². The molecule has 0 aliphatic carbocycles. The lowest BCUT2D eigenvalue weighted by Crippen LogP contribution is -2.44. The third kappa shape index (κ3) is 6.09. The molecule has 1 fully saturated rings. The monoisotopic (exact) mass is 286 g/mol. The van der Waals surface area contributed by atoms with E-state index in [4.69, 9.17) is 9.84 Å². The van der Waals surface area contributed by atoms with Crippen LogP contribution in [0.5, 0.6) is 0 Å². The molecule has 20 heavy (non-hydrogen) atoms. The number of hydrogen-bond acceptors (Lipinski definition) is 4. The van der Waals surface area contributed by atoms with Gasteiger partial charge in [0.25, 0.3) is 0 Å². The number of nitrogens with zero attached hydrogens (tertiary/aromatic N) is 1. The van der Waals surface area contributed by atoms with Crippen LogP contribution >= 0.6 is 0 Å². The molecule has 0 radical (unpaired) electrons. The molecule has 0 bridgehead atoms. The fourth-order valence-corrected chi connectivity index (χ4v) is 2.43. The number of nitrogens with one attached hydrogen (secondary N) is 1. The minimum absolute atomic E-state index is 0.204. The van der Waals surface area contributed by atoms with Crippen molar-refractivity contribution in [2.75, 3.05) is 26.2 Å². The average Bonchev–Trinajstić information content (AvgIpc) is 2.75. The molecular weight excluding hydrogens is 256 g/mol. The molecule has 2 atom stereocenters. The summed E-state index contributed by atoms with van der Waals surface area (Å²) in [4.78, 5) is 14.0. The minimum Gasteiger partial charge on any atom is -0.444 e. The van der Waals surface area contributed by atoms with Crippen molar-refractivity contribution in [1.29, 1.82) is 0 Å². The van der Waals surface area contributed by atoms with Gasteiger partial charge < -0.3 is 20.1 Å². The summed E-state index contributed by atoms with van der Waals surface area (Å²) in [5.41, 5.74) is -0.437. The summed E-state index contributed by atoms with van der Waals surface area (Å²) in [5.74, 6) is 0.455. The summed E-state index contributed by atoms with van der Waals surface area (Å²) in [7, 11) is 0. The molecule has 1 amide bonds. The zero-order chi connectivity index (χ0) is 15.2. The standard InChI is InChI=1S/C15H30N2O3/c1-12(7-9-18)10-16-11-13-6-5-8-17(13)14(19)20-15(2,3)4/h12-13,16,18H,5-11H2,1-4H3. The molecule has 118 valence electrons. The van der Waals surface area contributed by atoms with Gasteiger partial charge in [0, 0.05) is 25.7 Å². The number of ether oxygens (including phenoxy) is 1. The number of likely N-dealkylation sites (tertiary alicyclic amines) is 1. The normalized spacial score (nSPS) is 21.1. The van der Waals surface area contributed by atoms with Crippen LogP contribution in [0.1, 0.15) is 47.0 Å². The van der Waals surface area contributed by atoms with Crippen molar-refractivity contribution in [1.82, 2.24) is 10.2 Å². The van der Waals surface area contributed by atoms with Gasteiger partial charge in [-0.3, -0.25) is 0 Å². The number of hydrogen-bond donors (Lipinski definition) is 2. The van der Waals surface area contributed by atoms with E-state index in [1.807, 2.05) is 25.7 Å². The first-order valence-corrected chi connectivity index (χ1v) is 7.64. The van der Waals surface area contributed by atoms with Gasteiger partial charge in [-0.25, -0.2) is 4.79 Å². The molecule has 0 saturated carbocycles. The van der Waals surface area contributed by atoms with Crippen LogP contribution in [0.15, 0.2) is 0 Å². The number of rotatable bonds is 6. The molecule has 5 nitrogen and oxygen atoms in total. The highest BCUT2D eigenvalue weighted by molar-refractivity contribution is 5.69. The van der Waals surface area contributed by atoms with Crippen LogP contribution < -0.4 is 5.32 Å². The van der Waals surface area contributed by atoms with E-state index >= 15 is 0 Å². The second kappa shape index (κ2) is 7.84. The highest BCUT2D eigenvalue weighted by atomic mass is 16.6. The molecule has 1 aliphatic heterocycles. The van der Waals surface area contributed by atoms with E-state index in [0.29, 0.717) is 5.92 Å². The third-order valence-electron chi connectivity index (χ3n) is 3.50. The predicted octanol–water partition coefficient (Wildman–Crippen LogP) is 1.99. The topological polar surface area (TPSA) is 61.8 Å². The quantitative estimate of drug-likeness (QED) is 0.784. The number of amides is 1. The largest absolute Gasteiger partial charge is 0.444 e. The van der Waals surface area contributed by atoms with Crippen molar-refractivity contribution in [2.24, 2.45) is 5.92 Å². The maximum Gasteiger partial charge on any atom is 0.410 e. The highest BCUT2D eigenvalue weighted by Crippen LogP contribution is 2.20. The van der Waals surface area contributed by atoms with E-state index in [-0.39, 0.29) is 18.7 Å². The molecule has 5 heteroatoms. The molecule has 0 aromatic heterocycles. The van der Waals surface area contributed by atoms with Crippen molar-refractivity contribution in [2.45, 2.75) is 58.6 Å². The molecule has 1 heterocycles. The summed E-state index contributed by atoms with van der Waals surface area (Å²) < 4.78 is 5.44. The summed E-state index contributed by atoms with van der Waals surface area (Å²) in [6, 6.07) is 0.228. The van der Waals surface area contributed by atoms with Crippen molar-refractivity contribution < 1.29 is 14.6 Å². The predicted molar refractivity (Wildman–Crippen MR) is 79.7 cm³/mol. The van der Waals surface area contributed by atoms with Crippen molar-refractivity contribution in [3.8, 4) is 0 Å². The fourth-order valence-electron chi connectivity index (χ4n) is 2.43. The van der Waals surface area contributed by atoms with E-state index in [1.165, 1.54) is 0 Å². The third-order valence-corrected chi connectivity index (χ3v) is 3.50. The van der Waals surface area contributed by atoms with E-state index < -0.39 is 5.60 Å². The SMILES string of the molecule is CC(CCO)CNCC1CCCN1C(=O)OC(C)(C)C. The first kappa shape index (κ1) is 17.2. The van der Waals surface area contributed by atoms with Crippen LogP contribution in [-0.2, 0) is 4.74 Å². The Kier molecular flexibility index (Phi) is 6.76. The van der Waals surface area contributed by atoms with Gasteiger partial charge in [0.2, 0.25) is 0 Å². The Bertz CT molecular complexity index is 302. The molecule has 0 aromatic rings. The van der Waals surface area contributed by atoms with Crippen LogP contribution in [0.3, 0.4) is 0 Å². The van der Waals surface area contributed by atoms with E-state index in [0.717, 1.165) is 38.9 Å². The Morgan fingerprint density at radius 1 is 1.50 bits per heavy atom. The van der Waals surface area contributed by atoms with Crippen molar-refractivity contribution in [3.63, 3.8) is 0 Å². The highest BCUT2D eigenvalue weighted by Gasteiger charge is 2.31. The molecule has 2 N–H and O–H groups in total. The maximum atomic E-state index is 12.1. The zero-order valence-corrected chi connectivity index (χ0v) is 13.3.